The van der Waals surface area contributed by atoms with Crippen LogP contribution in [0.1, 0.15) is 55.6 Å². The molecule has 3 heterocycles. The molecule has 166 valence electrons. The number of rotatable bonds is 5. The first kappa shape index (κ1) is 21.8. The van der Waals surface area contributed by atoms with Crippen molar-refractivity contribution in [3.05, 3.63) is 53.7 Å². The lowest BCUT2D eigenvalue weighted by atomic mass is 9.90. The fourth-order valence-corrected chi connectivity index (χ4v) is 5.27. The SMILES string of the molecule is CC1CCN(c2nc(C3CCOC3)ccc2C(=O)NS(=O)(=O)c2ccccc2)C1(C)C. The maximum Gasteiger partial charge on any atom is 0.268 e. The Balaban J connectivity index is 1.72. The van der Waals surface area contributed by atoms with Crippen LogP contribution in [-0.4, -0.2) is 44.6 Å². The van der Waals surface area contributed by atoms with E-state index in [2.05, 4.69) is 30.4 Å². The Hall–Kier alpha value is -2.45. The number of amides is 1. The van der Waals surface area contributed by atoms with Gasteiger partial charge in [0, 0.05) is 30.3 Å². The van der Waals surface area contributed by atoms with E-state index in [-0.39, 0.29) is 21.9 Å². The van der Waals surface area contributed by atoms with Gasteiger partial charge in [-0.2, -0.15) is 0 Å². The van der Waals surface area contributed by atoms with Crippen LogP contribution in [0, 0.1) is 5.92 Å². The molecule has 0 radical (unpaired) electrons. The molecule has 2 aliphatic heterocycles. The minimum atomic E-state index is -3.98. The average molecular weight is 444 g/mol. The number of pyridine rings is 1. The number of hydrogen-bond donors (Lipinski definition) is 1. The number of ether oxygens (including phenoxy) is 1. The zero-order valence-electron chi connectivity index (χ0n) is 18.2. The second-order valence-corrected chi connectivity index (χ2v) is 10.6. The molecule has 0 aliphatic carbocycles. The van der Waals surface area contributed by atoms with Gasteiger partial charge in [0.05, 0.1) is 17.1 Å². The molecule has 2 atom stereocenters. The Morgan fingerprint density at radius 3 is 2.52 bits per heavy atom. The third kappa shape index (κ3) is 4.19. The van der Waals surface area contributed by atoms with Gasteiger partial charge in [-0.25, -0.2) is 18.1 Å². The lowest BCUT2D eigenvalue weighted by molar-refractivity contribution is 0.0981. The van der Waals surface area contributed by atoms with Crippen molar-refractivity contribution in [3.8, 4) is 0 Å². The first-order chi connectivity index (χ1) is 14.7. The van der Waals surface area contributed by atoms with Crippen molar-refractivity contribution in [1.29, 1.82) is 0 Å². The zero-order valence-corrected chi connectivity index (χ0v) is 19.0. The van der Waals surface area contributed by atoms with E-state index in [1.54, 1.807) is 24.3 Å². The predicted molar refractivity (Wildman–Crippen MR) is 119 cm³/mol. The average Bonchev–Trinajstić information content (AvgIpc) is 3.37. The van der Waals surface area contributed by atoms with Crippen LogP contribution in [0.25, 0.3) is 0 Å². The summed E-state index contributed by atoms with van der Waals surface area (Å²) < 4.78 is 33.2. The minimum absolute atomic E-state index is 0.0488. The molecule has 4 rings (SSSR count). The van der Waals surface area contributed by atoms with E-state index in [4.69, 9.17) is 9.72 Å². The molecule has 0 spiro atoms. The topological polar surface area (TPSA) is 88.6 Å². The number of hydrogen-bond acceptors (Lipinski definition) is 6. The first-order valence-electron chi connectivity index (χ1n) is 10.7. The molecule has 2 unspecified atom stereocenters. The third-order valence-corrected chi connectivity index (χ3v) is 8.06. The van der Waals surface area contributed by atoms with Crippen LogP contribution in [0.2, 0.25) is 0 Å². The number of aromatic nitrogens is 1. The Kier molecular flexibility index (Phi) is 5.79. The summed E-state index contributed by atoms with van der Waals surface area (Å²) in [5, 5.41) is 0. The summed E-state index contributed by atoms with van der Waals surface area (Å²) >= 11 is 0. The fourth-order valence-electron chi connectivity index (χ4n) is 4.29. The van der Waals surface area contributed by atoms with E-state index in [1.807, 2.05) is 6.07 Å². The van der Waals surface area contributed by atoms with Crippen LogP contribution in [0.15, 0.2) is 47.4 Å². The molecule has 0 saturated carbocycles. The van der Waals surface area contributed by atoms with E-state index in [1.165, 1.54) is 12.1 Å². The maximum atomic E-state index is 13.2. The number of anilines is 1. The number of nitrogens with zero attached hydrogens (tertiary/aromatic N) is 2. The molecule has 2 aromatic rings. The number of nitrogens with one attached hydrogen (secondary N) is 1. The largest absolute Gasteiger partial charge is 0.381 e. The molecule has 0 bridgehead atoms. The monoisotopic (exact) mass is 443 g/mol. The molecular formula is C23H29N3O4S. The first-order valence-corrected chi connectivity index (χ1v) is 12.2. The molecule has 31 heavy (non-hydrogen) atoms. The van der Waals surface area contributed by atoms with Gasteiger partial charge in [-0.1, -0.05) is 25.1 Å². The van der Waals surface area contributed by atoms with Crippen LogP contribution in [0.4, 0.5) is 5.82 Å². The van der Waals surface area contributed by atoms with Crippen LogP contribution in [-0.2, 0) is 14.8 Å². The number of carbonyl (C=O) groups excluding carboxylic acids is 1. The van der Waals surface area contributed by atoms with E-state index >= 15 is 0 Å². The molecule has 7 nitrogen and oxygen atoms in total. The molecule has 1 aromatic heterocycles. The Labute approximate surface area is 183 Å². The predicted octanol–water partition coefficient (Wildman–Crippen LogP) is 3.33. The standard InChI is InChI=1S/C23H29N3O4S/c1-16-11-13-26(23(16,2)3)21-19(9-10-20(24-21)17-12-14-30-15-17)22(27)25-31(28,29)18-7-5-4-6-8-18/h4-10,16-17H,11-15H2,1-3H3,(H,25,27). The van der Waals surface area contributed by atoms with Crippen LogP contribution < -0.4 is 9.62 Å². The highest BCUT2D eigenvalue weighted by molar-refractivity contribution is 7.90. The molecule has 1 aromatic carbocycles. The number of carbonyl (C=O) groups is 1. The maximum absolute atomic E-state index is 13.2. The van der Waals surface area contributed by atoms with Gasteiger partial charge >= 0.3 is 0 Å². The summed E-state index contributed by atoms with van der Waals surface area (Å²) in [6.45, 7) is 8.54. The molecule has 8 heteroatoms. The molecule has 2 fully saturated rings. The van der Waals surface area contributed by atoms with E-state index in [0.717, 1.165) is 25.1 Å². The van der Waals surface area contributed by atoms with Gasteiger partial charge < -0.3 is 9.64 Å². The molecule has 1 N–H and O–H groups in total. The summed E-state index contributed by atoms with van der Waals surface area (Å²) in [5.41, 5.74) is 0.945. The van der Waals surface area contributed by atoms with Crippen molar-refractivity contribution >= 4 is 21.7 Å². The highest BCUT2D eigenvalue weighted by Crippen LogP contribution is 2.39. The van der Waals surface area contributed by atoms with Crippen LogP contribution >= 0.6 is 0 Å². The summed E-state index contributed by atoms with van der Waals surface area (Å²) in [4.78, 5) is 20.2. The van der Waals surface area contributed by atoms with Crippen molar-refractivity contribution in [1.82, 2.24) is 9.71 Å². The van der Waals surface area contributed by atoms with Crippen molar-refractivity contribution in [2.75, 3.05) is 24.7 Å². The van der Waals surface area contributed by atoms with Gasteiger partial charge in [-0.05, 0) is 56.9 Å². The van der Waals surface area contributed by atoms with Gasteiger partial charge in [0.15, 0.2) is 0 Å². The second-order valence-electron chi connectivity index (χ2n) is 8.91. The van der Waals surface area contributed by atoms with E-state index in [0.29, 0.717) is 24.9 Å². The quantitative estimate of drug-likeness (QED) is 0.763. The highest BCUT2D eigenvalue weighted by Gasteiger charge is 2.41. The normalized spacial score (nSPS) is 23.1. The summed E-state index contributed by atoms with van der Waals surface area (Å²) in [7, 11) is -3.98. The lowest BCUT2D eigenvalue weighted by Crippen LogP contribution is -2.44. The molecule has 2 saturated heterocycles. The smallest absolute Gasteiger partial charge is 0.268 e. The zero-order chi connectivity index (χ0) is 22.2. The second kappa shape index (κ2) is 8.24. The van der Waals surface area contributed by atoms with E-state index in [9.17, 15) is 13.2 Å². The third-order valence-electron chi connectivity index (χ3n) is 6.71. The molecule has 2 aliphatic rings. The number of benzene rings is 1. The van der Waals surface area contributed by atoms with E-state index < -0.39 is 15.9 Å². The Morgan fingerprint density at radius 1 is 1.16 bits per heavy atom. The van der Waals surface area contributed by atoms with Gasteiger partial charge in [-0.15, -0.1) is 0 Å². The Bertz CT molecular complexity index is 1060. The molecule has 1 amide bonds. The Morgan fingerprint density at radius 2 is 1.90 bits per heavy atom. The summed E-state index contributed by atoms with van der Waals surface area (Å²) in [5.74, 6) is 0.472. The van der Waals surface area contributed by atoms with Crippen molar-refractivity contribution < 1.29 is 17.9 Å². The van der Waals surface area contributed by atoms with Crippen molar-refractivity contribution in [3.63, 3.8) is 0 Å². The highest BCUT2D eigenvalue weighted by atomic mass is 32.2. The van der Waals surface area contributed by atoms with Crippen molar-refractivity contribution in [2.24, 2.45) is 5.92 Å². The van der Waals surface area contributed by atoms with Crippen LogP contribution in [0.3, 0.4) is 0 Å². The minimum Gasteiger partial charge on any atom is -0.381 e. The van der Waals surface area contributed by atoms with Gasteiger partial charge in [0.1, 0.15) is 5.82 Å². The summed E-state index contributed by atoms with van der Waals surface area (Å²) in [6.07, 6.45) is 1.87. The van der Waals surface area contributed by atoms with Gasteiger partial charge in [0.2, 0.25) is 0 Å². The van der Waals surface area contributed by atoms with Gasteiger partial charge in [-0.3, -0.25) is 4.79 Å². The molecular weight excluding hydrogens is 414 g/mol. The van der Waals surface area contributed by atoms with Crippen molar-refractivity contribution in [2.45, 2.75) is 50.0 Å². The number of sulfonamides is 1. The lowest BCUT2D eigenvalue weighted by Gasteiger charge is -2.37. The summed E-state index contributed by atoms with van der Waals surface area (Å²) in [6, 6.07) is 11.4. The van der Waals surface area contributed by atoms with Crippen LogP contribution in [0.5, 0.6) is 0 Å². The fraction of sp³-hybridized carbons (Fsp3) is 0.478. The van der Waals surface area contributed by atoms with Gasteiger partial charge in [0.25, 0.3) is 15.9 Å².